The van der Waals surface area contributed by atoms with Gasteiger partial charge in [-0.1, -0.05) is 0 Å². The van der Waals surface area contributed by atoms with Crippen LogP contribution in [0.1, 0.15) is 26.2 Å². The first-order valence-electron chi connectivity index (χ1n) is 4.73. The summed E-state index contributed by atoms with van der Waals surface area (Å²) in [6.45, 7) is 2.83. The zero-order chi connectivity index (χ0) is 10.8. The Kier molecular flexibility index (Phi) is 3.10. The van der Waals surface area contributed by atoms with Gasteiger partial charge in [0.2, 0.25) is 5.91 Å². The molecule has 0 aromatic carbocycles. The van der Waals surface area contributed by atoms with Gasteiger partial charge in [-0.15, -0.1) is 0 Å². The fourth-order valence-corrected chi connectivity index (χ4v) is 1.47. The molecule has 1 heterocycles. The smallest absolute Gasteiger partial charge is 0.323 e. The lowest BCUT2D eigenvalue weighted by Crippen LogP contribution is -2.49. The van der Waals surface area contributed by atoms with Gasteiger partial charge in [0.1, 0.15) is 5.54 Å². The summed E-state index contributed by atoms with van der Waals surface area (Å²) in [6.07, 6.45) is 1.88. The maximum absolute atomic E-state index is 11.5. The van der Waals surface area contributed by atoms with Crippen LogP contribution >= 0.6 is 0 Å². The van der Waals surface area contributed by atoms with Crippen molar-refractivity contribution in [2.45, 2.75) is 31.7 Å². The predicted molar refractivity (Wildman–Crippen MR) is 50.7 cm³/mol. The number of rotatable bonds is 3. The van der Waals surface area contributed by atoms with Gasteiger partial charge in [-0.05, 0) is 19.8 Å². The quantitative estimate of drug-likeness (QED) is 0.661. The van der Waals surface area contributed by atoms with Gasteiger partial charge < -0.3 is 15.7 Å². The highest BCUT2D eigenvalue weighted by molar-refractivity contribution is 5.87. The van der Waals surface area contributed by atoms with E-state index in [9.17, 15) is 9.59 Å². The van der Waals surface area contributed by atoms with E-state index >= 15 is 0 Å². The maximum atomic E-state index is 11.5. The lowest BCUT2D eigenvalue weighted by atomic mass is 9.99. The van der Waals surface area contributed by atoms with Crippen molar-refractivity contribution in [2.75, 3.05) is 13.1 Å². The molecular weight excluding hydrogens is 184 g/mol. The summed E-state index contributed by atoms with van der Waals surface area (Å²) in [5.41, 5.74) is 4.04. The molecule has 3 N–H and O–H groups in total. The third kappa shape index (κ3) is 2.45. The number of carbonyl (C=O) groups excluding carboxylic acids is 1. The van der Waals surface area contributed by atoms with E-state index in [2.05, 4.69) is 0 Å². The third-order valence-corrected chi connectivity index (χ3v) is 2.47. The van der Waals surface area contributed by atoms with Crippen molar-refractivity contribution in [3.05, 3.63) is 0 Å². The van der Waals surface area contributed by atoms with Crippen LogP contribution < -0.4 is 5.73 Å². The van der Waals surface area contributed by atoms with Gasteiger partial charge in [0.25, 0.3) is 0 Å². The largest absolute Gasteiger partial charge is 0.480 e. The predicted octanol–water partition coefficient (Wildman–Crippen LogP) is -0.199. The van der Waals surface area contributed by atoms with Gasteiger partial charge >= 0.3 is 5.97 Å². The van der Waals surface area contributed by atoms with Crippen LogP contribution in [0.3, 0.4) is 0 Å². The fourth-order valence-electron chi connectivity index (χ4n) is 1.47. The first-order chi connectivity index (χ1) is 6.43. The molecule has 1 atom stereocenters. The van der Waals surface area contributed by atoms with E-state index in [0.29, 0.717) is 0 Å². The Labute approximate surface area is 82.9 Å². The minimum atomic E-state index is -1.44. The molecule has 1 amide bonds. The third-order valence-electron chi connectivity index (χ3n) is 2.47. The zero-order valence-electron chi connectivity index (χ0n) is 8.32. The first-order valence-corrected chi connectivity index (χ1v) is 4.73. The standard InChI is InChI=1S/C9H16N2O3/c1-9(10,8(13)14)6-7(12)11-4-2-3-5-11/h2-6,10H2,1H3,(H,13,14). The normalized spacial score (nSPS) is 20.6. The molecule has 1 aliphatic rings. The average molecular weight is 200 g/mol. The monoisotopic (exact) mass is 200 g/mol. The number of amides is 1. The van der Waals surface area contributed by atoms with Gasteiger partial charge in [0, 0.05) is 13.1 Å². The second-order valence-corrected chi connectivity index (χ2v) is 3.99. The minimum Gasteiger partial charge on any atom is -0.480 e. The molecule has 1 fully saturated rings. The lowest BCUT2D eigenvalue weighted by Gasteiger charge is -2.22. The molecule has 14 heavy (non-hydrogen) atoms. The summed E-state index contributed by atoms with van der Waals surface area (Å²) in [4.78, 5) is 23.9. The number of carboxylic acids is 1. The molecule has 1 aliphatic heterocycles. The average Bonchev–Trinajstić information content (AvgIpc) is 2.54. The Hall–Kier alpha value is -1.10. The number of likely N-dealkylation sites (tertiary alicyclic amines) is 1. The molecule has 0 aromatic rings. The molecule has 0 bridgehead atoms. The van der Waals surface area contributed by atoms with E-state index in [1.807, 2.05) is 0 Å². The van der Waals surface area contributed by atoms with Gasteiger partial charge in [0.15, 0.2) is 0 Å². The zero-order valence-corrected chi connectivity index (χ0v) is 8.32. The number of hydrogen-bond acceptors (Lipinski definition) is 3. The second-order valence-electron chi connectivity index (χ2n) is 3.99. The highest BCUT2D eigenvalue weighted by Gasteiger charge is 2.33. The van der Waals surface area contributed by atoms with E-state index in [0.717, 1.165) is 25.9 Å². The van der Waals surface area contributed by atoms with E-state index in [-0.39, 0.29) is 12.3 Å². The van der Waals surface area contributed by atoms with Crippen molar-refractivity contribution in [3.63, 3.8) is 0 Å². The molecule has 5 heteroatoms. The number of carbonyl (C=O) groups is 2. The van der Waals surface area contributed by atoms with E-state index < -0.39 is 11.5 Å². The minimum absolute atomic E-state index is 0.123. The van der Waals surface area contributed by atoms with Crippen LogP contribution in [0, 0.1) is 0 Å². The summed E-state index contributed by atoms with van der Waals surface area (Å²) in [6, 6.07) is 0. The van der Waals surface area contributed by atoms with Crippen molar-refractivity contribution in [3.8, 4) is 0 Å². The lowest BCUT2D eigenvalue weighted by molar-refractivity contribution is -0.146. The molecule has 0 saturated carbocycles. The number of aliphatic carboxylic acids is 1. The molecule has 0 radical (unpaired) electrons. The summed E-state index contributed by atoms with van der Waals surface area (Å²) in [7, 11) is 0. The van der Waals surface area contributed by atoms with Crippen molar-refractivity contribution in [2.24, 2.45) is 5.73 Å². The van der Waals surface area contributed by atoms with Crippen LogP contribution in [0.4, 0.5) is 0 Å². The molecule has 1 rings (SSSR count). The van der Waals surface area contributed by atoms with Gasteiger partial charge in [-0.25, -0.2) is 0 Å². The molecule has 1 unspecified atom stereocenters. The summed E-state index contributed by atoms with van der Waals surface area (Å²) in [5.74, 6) is -1.29. The summed E-state index contributed by atoms with van der Waals surface area (Å²) in [5, 5.41) is 8.74. The Morgan fingerprint density at radius 1 is 1.43 bits per heavy atom. The van der Waals surface area contributed by atoms with Crippen molar-refractivity contribution < 1.29 is 14.7 Å². The van der Waals surface area contributed by atoms with E-state index in [1.54, 1.807) is 4.90 Å². The number of hydrogen-bond donors (Lipinski definition) is 2. The number of nitrogens with zero attached hydrogens (tertiary/aromatic N) is 1. The van der Waals surface area contributed by atoms with Crippen molar-refractivity contribution in [1.29, 1.82) is 0 Å². The molecule has 5 nitrogen and oxygen atoms in total. The summed E-state index contributed by atoms with van der Waals surface area (Å²) >= 11 is 0. The van der Waals surface area contributed by atoms with Crippen LogP contribution in [0.15, 0.2) is 0 Å². The number of nitrogens with two attached hydrogens (primary N) is 1. The Balaban J connectivity index is 2.51. The first kappa shape index (κ1) is 11.0. The van der Waals surface area contributed by atoms with Crippen LogP contribution in [-0.2, 0) is 9.59 Å². The Bertz CT molecular complexity index is 244. The van der Waals surface area contributed by atoms with E-state index in [4.69, 9.17) is 10.8 Å². The topological polar surface area (TPSA) is 83.6 Å². The van der Waals surface area contributed by atoms with Crippen LogP contribution in [-0.4, -0.2) is 40.5 Å². The highest BCUT2D eigenvalue weighted by Crippen LogP contribution is 2.13. The van der Waals surface area contributed by atoms with Gasteiger partial charge in [0.05, 0.1) is 6.42 Å². The van der Waals surface area contributed by atoms with Gasteiger partial charge in [-0.3, -0.25) is 9.59 Å². The number of carboxylic acid groups (broad SMARTS) is 1. The maximum Gasteiger partial charge on any atom is 0.323 e. The highest BCUT2D eigenvalue weighted by atomic mass is 16.4. The molecular formula is C9H16N2O3. The van der Waals surface area contributed by atoms with Crippen LogP contribution in [0.2, 0.25) is 0 Å². The van der Waals surface area contributed by atoms with E-state index in [1.165, 1.54) is 6.92 Å². The molecule has 0 aliphatic carbocycles. The molecule has 0 spiro atoms. The second kappa shape index (κ2) is 3.96. The van der Waals surface area contributed by atoms with Crippen molar-refractivity contribution >= 4 is 11.9 Å². The SMILES string of the molecule is CC(N)(CC(=O)N1CCCC1)C(=O)O. The van der Waals surface area contributed by atoms with Gasteiger partial charge in [-0.2, -0.15) is 0 Å². The molecule has 80 valence electrons. The molecule has 1 saturated heterocycles. The fraction of sp³-hybridized carbons (Fsp3) is 0.778. The molecule has 0 aromatic heterocycles. The summed E-state index contributed by atoms with van der Waals surface area (Å²) < 4.78 is 0. The Morgan fingerprint density at radius 2 is 1.93 bits per heavy atom. The van der Waals surface area contributed by atoms with Crippen LogP contribution in [0.5, 0.6) is 0 Å². The van der Waals surface area contributed by atoms with Crippen LogP contribution in [0.25, 0.3) is 0 Å². The van der Waals surface area contributed by atoms with Crippen molar-refractivity contribution in [1.82, 2.24) is 4.90 Å². The Morgan fingerprint density at radius 3 is 2.36 bits per heavy atom.